The van der Waals surface area contributed by atoms with Gasteiger partial charge in [0.15, 0.2) is 0 Å². The molecule has 1 aromatic carbocycles. The number of benzene rings is 1. The van der Waals surface area contributed by atoms with E-state index in [1.807, 2.05) is 45.0 Å². The van der Waals surface area contributed by atoms with Gasteiger partial charge in [-0.3, -0.25) is 4.79 Å². The fraction of sp³-hybridized carbons (Fsp3) is 0.368. The average Bonchev–Trinajstić information content (AvgIpc) is 3.06. The summed E-state index contributed by atoms with van der Waals surface area (Å²) < 4.78 is 0. The molecule has 2 aliphatic rings. The average molecular weight is 336 g/mol. The predicted molar refractivity (Wildman–Crippen MR) is 93.2 cm³/mol. The van der Waals surface area contributed by atoms with Gasteiger partial charge in [0.1, 0.15) is 11.4 Å². The summed E-state index contributed by atoms with van der Waals surface area (Å²) in [4.78, 5) is 35.6. The Bertz CT molecular complexity index is 870. The van der Waals surface area contributed by atoms with Gasteiger partial charge in [0.05, 0.1) is 18.1 Å². The van der Waals surface area contributed by atoms with Crippen LogP contribution in [0.2, 0.25) is 0 Å². The van der Waals surface area contributed by atoms with Gasteiger partial charge in [-0.25, -0.2) is 19.7 Å². The highest BCUT2D eigenvalue weighted by Gasteiger charge is 2.55. The maximum atomic E-state index is 13.2. The van der Waals surface area contributed by atoms with Gasteiger partial charge < -0.3 is 5.32 Å². The lowest BCUT2D eigenvalue weighted by Crippen LogP contribution is -2.42. The van der Waals surface area contributed by atoms with E-state index >= 15 is 0 Å². The molecule has 1 atom stereocenters. The molecule has 2 heterocycles. The molecule has 3 amide bonds. The molecule has 128 valence electrons. The van der Waals surface area contributed by atoms with E-state index in [-0.39, 0.29) is 11.3 Å². The van der Waals surface area contributed by atoms with E-state index in [4.69, 9.17) is 0 Å². The highest BCUT2D eigenvalue weighted by Crippen LogP contribution is 2.42. The first-order chi connectivity index (χ1) is 11.8. The molecule has 6 heteroatoms. The number of imide groups is 1. The second-order valence-corrected chi connectivity index (χ2v) is 7.65. The largest absolute Gasteiger partial charge is 0.330 e. The summed E-state index contributed by atoms with van der Waals surface area (Å²) in [7, 11) is 0. The third-order valence-electron chi connectivity index (χ3n) is 4.91. The molecular formula is C19H20N4O2. The molecule has 1 saturated heterocycles. The SMILES string of the molecule is CC(C)(C)c1ncc(N2C(=O)NC3(CCc4ccccc43)C2=O)cn1. The first-order valence-corrected chi connectivity index (χ1v) is 8.40. The molecule has 6 nitrogen and oxygen atoms in total. The van der Waals surface area contributed by atoms with Gasteiger partial charge in [0, 0.05) is 5.41 Å². The number of aromatic nitrogens is 2. The number of carbonyl (C=O) groups is 2. The maximum absolute atomic E-state index is 13.2. The van der Waals surface area contributed by atoms with Crippen LogP contribution in [0, 0.1) is 0 Å². The van der Waals surface area contributed by atoms with E-state index in [1.165, 1.54) is 0 Å². The van der Waals surface area contributed by atoms with Crippen LogP contribution in [0.5, 0.6) is 0 Å². The van der Waals surface area contributed by atoms with E-state index in [2.05, 4.69) is 15.3 Å². The summed E-state index contributed by atoms with van der Waals surface area (Å²) >= 11 is 0. The highest BCUT2D eigenvalue weighted by atomic mass is 16.2. The van der Waals surface area contributed by atoms with Crippen molar-refractivity contribution in [2.24, 2.45) is 0 Å². The van der Waals surface area contributed by atoms with E-state index in [9.17, 15) is 9.59 Å². The summed E-state index contributed by atoms with van der Waals surface area (Å²) in [5.74, 6) is 0.416. The molecule has 1 unspecified atom stereocenters. The lowest BCUT2D eigenvalue weighted by molar-refractivity contribution is -0.122. The summed E-state index contributed by atoms with van der Waals surface area (Å²) in [6.45, 7) is 6.04. The Labute approximate surface area is 146 Å². The van der Waals surface area contributed by atoms with Crippen LogP contribution >= 0.6 is 0 Å². The minimum Gasteiger partial charge on any atom is -0.319 e. The summed E-state index contributed by atoms with van der Waals surface area (Å²) in [6, 6.07) is 7.36. The highest BCUT2D eigenvalue weighted by molar-refractivity contribution is 6.23. The van der Waals surface area contributed by atoms with Crippen molar-refractivity contribution in [2.45, 2.75) is 44.6 Å². The number of anilines is 1. The van der Waals surface area contributed by atoms with E-state index in [0.29, 0.717) is 17.9 Å². The second-order valence-electron chi connectivity index (χ2n) is 7.65. The van der Waals surface area contributed by atoms with Crippen LogP contribution in [0.25, 0.3) is 0 Å². The lowest BCUT2D eigenvalue weighted by atomic mass is 9.92. The van der Waals surface area contributed by atoms with Crippen LogP contribution in [0.1, 0.15) is 44.1 Å². The van der Waals surface area contributed by atoms with Crippen LogP contribution in [-0.2, 0) is 22.2 Å². The molecule has 1 spiro atoms. The zero-order valence-electron chi connectivity index (χ0n) is 14.5. The number of nitrogens with one attached hydrogen (secondary N) is 1. The van der Waals surface area contributed by atoms with E-state index < -0.39 is 11.6 Å². The molecule has 25 heavy (non-hydrogen) atoms. The van der Waals surface area contributed by atoms with E-state index in [0.717, 1.165) is 22.4 Å². The topological polar surface area (TPSA) is 75.2 Å². The Morgan fingerprint density at radius 3 is 2.48 bits per heavy atom. The minimum absolute atomic E-state index is 0.193. The van der Waals surface area contributed by atoms with Crippen LogP contribution in [-0.4, -0.2) is 21.9 Å². The van der Waals surface area contributed by atoms with Gasteiger partial charge in [-0.1, -0.05) is 45.0 Å². The quantitative estimate of drug-likeness (QED) is 0.813. The molecule has 2 aromatic rings. The van der Waals surface area contributed by atoms with Gasteiger partial charge >= 0.3 is 6.03 Å². The predicted octanol–water partition coefficient (Wildman–Crippen LogP) is 2.67. The van der Waals surface area contributed by atoms with Crippen molar-refractivity contribution in [3.05, 3.63) is 53.6 Å². The van der Waals surface area contributed by atoms with Crippen LogP contribution in [0.15, 0.2) is 36.7 Å². The molecule has 1 N–H and O–H groups in total. The number of fused-ring (bicyclic) bond motifs is 2. The second kappa shape index (κ2) is 5.12. The number of aryl methyl sites for hydroxylation is 1. The van der Waals surface area contributed by atoms with Gasteiger partial charge in [-0.2, -0.15) is 0 Å². The smallest absolute Gasteiger partial charge is 0.319 e. The Morgan fingerprint density at radius 2 is 1.80 bits per heavy atom. The summed E-state index contributed by atoms with van der Waals surface area (Å²) in [6.07, 6.45) is 4.44. The Hall–Kier alpha value is -2.76. The monoisotopic (exact) mass is 336 g/mol. The Kier molecular flexibility index (Phi) is 3.22. The van der Waals surface area contributed by atoms with Crippen molar-refractivity contribution in [3.63, 3.8) is 0 Å². The van der Waals surface area contributed by atoms with Gasteiger partial charge in [-0.15, -0.1) is 0 Å². The molecule has 1 fully saturated rings. The van der Waals surface area contributed by atoms with E-state index in [1.54, 1.807) is 12.4 Å². The first-order valence-electron chi connectivity index (χ1n) is 8.40. The third-order valence-corrected chi connectivity index (χ3v) is 4.91. The molecule has 4 rings (SSSR count). The number of hydrogen-bond donors (Lipinski definition) is 1. The molecule has 1 aliphatic heterocycles. The third kappa shape index (κ3) is 2.24. The molecule has 0 radical (unpaired) electrons. The number of nitrogens with zero attached hydrogens (tertiary/aromatic N) is 3. The van der Waals surface area contributed by atoms with Crippen molar-refractivity contribution in [1.29, 1.82) is 0 Å². The fourth-order valence-corrected chi connectivity index (χ4v) is 3.60. The lowest BCUT2D eigenvalue weighted by Gasteiger charge is -2.22. The molecular weight excluding hydrogens is 316 g/mol. The molecule has 1 aliphatic carbocycles. The van der Waals surface area contributed by atoms with Crippen molar-refractivity contribution in [1.82, 2.24) is 15.3 Å². The van der Waals surface area contributed by atoms with Crippen molar-refractivity contribution in [2.75, 3.05) is 4.90 Å². The zero-order valence-corrected chi connectivity index (χ0v) is 14.5. The molecule has 1 aromatic heterocycles. The number of urea groups is 1. The molecule has 0 bridgehead atoms. The number of amides is 3. The van der Waals surface area contributed by atoms with Gasteiger partial charge in [0.25, 0.3) is 5.91 Å². The maximum Gasteiger partial charge on any atom is 0.330 e. The normalized spacial score (nSPS) is 22.4. The standard InChI is InChI=1S/C19H20N4O2/c1-18(2,3)15-20-10-13(11-21-15)23-16(24)19(22-17(23)25)9-8-12-6-4-5-7-14(12)19/h4-7,10-11H,8-9H2,1-3H3,(H,22,25). The van der Waals surface area contributed by atoms with Crippen molar-refractivity contribution >= 4 is 17.6 Å². The van der Waals surface area contributed by atoms with Crippen LogP contribution in [0.4, 0.5) is 10.5 Å². The number of hydrogen-bond acceptors (Lipinski definition) is 4. The Balaban J connectivity index is 1.72. The van der Waals surface area contributed by atoms with Crippen molar-refractivity contribution in [3.8, 4) is 0 Å². The summed E-state index contributed by atoms with van der Waals surface area (Å²) in [5, 5.41) is 2.91. The van der Waals surface area contributed by atoms with Gasteiger partial charge in [0.2, 0.25) is 0 Å². The van der Waals surface area contributed by atoms with Gasteiger partial charge in [-0.05, 0) is 24.0 Å². The minimum atomic E-state index is -0.962. The Morgan fingerprint density at radius 1 is 1.12 bits per heavy atom. The van der Waals surface area contributed by atoms with Crippen molar-refractivity contribution < 1.29 is 9.59 Å². The van der Waals surface area contributed by atoms with Crippen LogP contribution in [0.3, 0.4) is 0 Å². The van der Waals surface area contributed by atoms with Crippen LogP contribution < -0.4 is 10.2 Å². The zero-order chi connectivity index (χ0) is 17.8. The summed E-state index contributed by atoms with van der Waals surface area (Å²) in [5.41, 5.74) is 1.25. The fourth-order valence-electron chi connectivity index (χ4n) is 3.60. The molecule has 0 saturated carbocycles. The number of rotatable bonds is 1. The first kappa shape index (κ1) is 15.7. The number of carbonyl (C=O) groups excluding carboxylic acids is 2.